The maximum absolute atomic E-state index is 12.0. The first-order chi connectivity index (χ1) is 8.97. The van der Waals surface area contributed by atoms with Crippen LogP contribution in [0.15, 0.2) is 4.90 Å². The van der Waals surface area contributed by atoms with Crippen molar-refractivity contribution in [2.24, 2.45) is 0 Å². The standard InChI is InChI=1S/C11H17N3O3S2/c1-3-17-6-5-14-11-10(19(15,16)4-2)9(13)8(7-12)18-11/h14H,3-6,13H2,1-2H3. The summed E-state index contributed by atoms with van der Waals surface area (Å²) in [5, 5.41) is 12.3. The largest absolute Gasteiger partial charge is 0.396 e. The molecule has 0 aliphatic carbocycles. The quantitative estimate of drug-likeness (QED) is 0.738. The SMILES string of the molecule is CCOCCNc1sc(C#N)c(N)c1S(=O)(=O)CC. The molecule has 1 aromatic rings. The highest BCUT2D eigenvalue weighted by molar-refractivity contribution is 7.91. The fraction of sp³-hybridized carbons (Fsp3) is 0.545. The van der Waals surface area contributed by atoms with Crippen LogP contribution in [0.25, 0.3) is 0 Å². The molecule has 0 aliphatic rings. The van der Waals surface area contributed by atoms with Crippen molar-refractivity contribution >= 4 is 31.9 Å². The Bertz CT molecular complexity index is 573. The molecule has 0 saturated carbocycles. The number of thiophene rings is 1. The minimum atomic E-state index is -3.46. The van der Waals surface area contributed by atoms with E-state index < -0.39 is 9.84 Å². The first kappa shape index (κ1) is 15.8. The lowest BCUT2D eigenvalue weighted by atomic mass is 10.4. The Morgan fingerprint density at radius 3 is 2.68 bits per heavy atom. The number of nitrogens with two attached hydrogens (primary N) is 1. The topological polar surface area (TPSA) is 105 Å². The molecule has 0 amide bonds. The molecule has 0 fully saturated rings. The van der Waals surface area contributed by atoms with Crippen LogP contribution in [0.2, 0.25) is 0 Å². The summed E-state index contributed by atoms with van der Waals surface area (Å²) in [4.78, 5) is 0.249. The maximum Gasteiger partial charge on any atom is 0.183 e. The summed E-state index contributed by atoms with van der Waals surface area (Å²) in [6.07, 6.45) is 0. The van der Waals surface area contributed by atoms with Gasteiger partial charge in [-0.15, -0.1) is 11.3 Å². The average molecular weight is 303 g/mol. The van der Waals surface area contributed by atoms with Gasteiger partial charge < -0.3 is 15.8 Å². The van der Waals surface area contributed by atoms with Gasteiger partial charge in [0.05, 0.1) is 18.0 Å². The number of sulfone groups is 1. The van der Waals surface area contributed by atoms with Gasteiger partial charge in [0.15, 0.2) is 9.84 Å². The van der Waals surface area contributed by atoms with E-state index >= 15 is 0 Å². The summed E-state index contributed by atoms with van der Waals surface area (Å²) in [7, 11) is -3.46. The van der Waals surface area contributed by atoms with E-state index in [1.807, 2.05) is 13.0 Å². The third kappa shape index (κ3) is 3.59. The van der Waals surface area contributed by atoms with Crippen LogP contribution < -0.4 is 11.1 Å². The van der Waals surface area contributed by atoms with Gasteiger partial charge in [-0.05, 0) is 6.92 Å². The van der Waals surface area contributed by atoms with E-state index in [-0.39, 0.29) is 21.2 Å². The van der Waals surface area contributed by atoms with E-state index in [2.05, 4.69) is 5.32 Å². The van der Waals surface area contributed by atoms with Crippen LogP contribution in [0.5, 0.6) is 0 Å². The minimum absolute atomic E-state index is 0.0352. The zero-order valence-electron chi connectivity index (χ0n) is 10.9. The molecule has 0 aromatic carbocycles. The zero-order chi connectivity index (χ0) is 14.5. The van der Waals surface area contributed by atoms with Gasteiger partial charge in [-0.3, -0.25) is 0 Å². The fourth-order valence-electron chi connectivity index (χ4n) is 1.46. The van der Waals surface area contributed by atoms with Gasteiger partial charge >= 0.3 is 0 Å². The lowest BCUT2D eigenvalue weighted by molar-refractivity contribution is 0.158. The number of anilines is 2. The predicted octanol–water partition coefficient (Wildman–Crippen LogP) is 1.44. The molecule has 1 heterocycles. The summed E-state index contributed by atoms with van der Waals surface area (Å²) in [6, 6.07) is 1.91. The van der Waals surface area contributed by atoms with Crippen LogP contribution in [0, 0.1) is 11.3 Å². The van der Waals surface area contributed by atoms with Crippen molar-refractivity contribution in [2.45, 2.75) is 18.7 Å². The van der Waals surface area contributed by atoms with Crippen molar-refractivity contribution in [1.29, 1.82) is 5.26 Å². The molecule has 0 atom stereocenters. The van der Waals surface area contributed by atoms with E-state index in [0.29, 0.717) is 24.8 Å². The van der Waals surface area contributed by atoms with E-state index in [1.165, 1.54) is 0 Å². The van der Waals surface area contributed by atoms with Crippen molar-refractivity contribution in [2.75, 3.05) is 36.6 Å². The number of ether oxygens (including phenoxy) is 1. The molecule has 0 radical (unpaired) electrons. The Balaban J connectivity index is 3.07. The number of rotatable bonds is 7. The molecule has 0 unspecified atom stereocenters. The van der Waals surface area contributed by atoms with E-state index in [9.17, 15) is 8.42 Å². The molecule has 8 heteroatoms. The normalized spacial score (nSPS) is 11.2. The molecule has 0 saturated heterocycles. The van der Waals surface area contributed by atoms with Crippen molar-refractivity contribution < 1.29 is 13.2 Å². The van der Waals surface area contributed by atoms with Crippen LogP contribution in [-0.4, -0.2) is 33.9 Å². The second-order valence-electron chi connectivity index (χ2n) is 3.64. The summed E-state index contributed by atoms with van der Waals surface area (Å²) in [6.45, 7) is 4.94. The third-order valence-corrected chi connectivity index (χ3v) is 5.43. The summed E-state index contributed by atoms with van der Waals surface area (Å²) in [5.74, 6) is -0.0566. The number of nitrogens with one attached hydrogen (secondary N) is 1. The molecule has 19 heavy (non-hydrogen) atoms. The maximum atomic E-state index is 12.0. The molecule has 3 N–H and O–H groups in total. The van der Waals surface area contributed by atoms with Gasteiger partial charge in [0, 0.05) is 13.2 Å². The lowest BCUT2D eigenvalue weighted by Crippen LogP contribution is -2.12. The van der Waals surface area contributed by atoms with E-state index in [0.717, 1.165) is 11.3 Å². The average Bonchev–Trinajstić information content (AvgIpc) is 2.71. The Hall–Kier alpha value is -1.30. The molecular weight excluding hydrogens is 286 g/mol. The number of hydrogen-bond donors (Lipinski definition) is 2. The van der Waals surface area contributed by atoms with Crippen molar-refractivity contribution in [3.05, 3.63) is 4.88 Å². The number of nitrogens with zero attached hydrogens (tertiary/aromatic N) is 1. The Morgan fingerprint density at radius 2 is 2.16 bits per heavy atom. The molecule has 1 rings (SSSR count). The summed E-state index contributed by atoms with van der Waals surface area (Å²) in [5.41, 5.74) is 5.78. The second kappa shape index (κ2) is 6.75. The highest BCUT2D eigenvalue weighted by Gasteiger charge is 2.25. The minimum Gasteiger partial charge on any atom is -0.396 e. The highest BCUT2D eigenvalue weighted by atomic mass is 32.2. The van der Waals surface area contributed by atoms with Crippen molar-refractivity contribution in [3.8, 4) is 6.07 Å². The van der Waals surface area contributed by atoms with Gasteiger partial charge in [-0.1, -0.05) is 6.92 Å². The Labute approximate surface area is 117 Å². The van der Waals surface area contributed by atoms with Gasteiger partial charge in [0.2, 0.25) is 0 Å². The molecule has 1 aromatic heterocycles. The number of nitrogen functional groups attached to an aromatic ring is 1. The second-order valence-corrected chi connectivity index (χ2v) is 6.88. The molecule has 6 nitrogen and oxygen atoms in total. The lowest BCUT2D eigenvalue weighted by Gasteiger charge is -2.07. The van der Waals surface area contributed by atoms with Gasteiger partial charge in [-0.25, -0.2) is 8.42 Å². The summed E-state index contributed by atoms with van der Waals surface area (Å²) < 4.78 is 29.2. The van der Waals surface area contributed by atoms with E-state index in [1.54, 1.807) is 6.92 Å². The smallest absolute Gasteiger partial charge is 0.183 e. The Morgan fingerprint density at radius 1 is 1.47 bits per heavy atom. The predicted molar refractivity (Wildman–Crippen MR) is 76.2 cm³/mol. The van der Waals surface area contributed by atoms with Crippen molar-refractivity contribution in [1.82, 2.24) is 0 Å². The van der Waals surface area contributed by atoms with E-state index in [4.69, 9.17) is 15.7 Å². The van der Waals surface area contributed by atoms with Crippen LogP contribution >= 0.6 is 11.3 Å². The van der Waals surface area contributed by atoms with Crippen molar-refractivity contribution in [3.63, 3.8) is 0 Å². The van der Waals surface area contributed by atoms with Crippen LogP contribution in [-0.2, 0) is 14.6 Å². The molecular formula is C11H17N3O3S2. The molecule has 0 spiro atoms. The first-order valence-corrected chi connectivity index (χ1v) is 8.31. The van der Waals surface area contributed by atoms with Gasteiger partial charge in [0.1, 0.15) is 20.8 Å². The van der Waals surface area contributed by atoms with Crippen LogP contribution in [0.4, 0.5) is 10.7 Å². The zero-order valence-corrected chi connectivity index (χ0v) is 12.5. The van der Waals surface area contributed by atoms with Gasteiger partial charge in [0.25, 0.3) is 0 Å². The molecule has 0 bridgehead atoms. The fourth-order valence-corrected chi connectivity index (χ4v) is 3.95. The number of nitriles is 1. The first-order valence-electron chi connectivity index (χ1n) is 5.84. The van der Waals surface area contributed by atoms with Crippen LogP contribution in [0.3, 0.4) is 0 Å². The Kier molecular flexibility index (Phi) is 5.60. The third-order valence-electron chi connectivity index (χ3n) is 2.43. The number of hydrogen-bond acceptors (Lipinski definition) is 7. The monoisotopic (exact) mass is 303 g/mol. The molecule has 0 aliphatic heterocycles. The highest BCUT2D eigenvalue weighted by Crippen LogP contribution is 2.39. The van der Waals surface area contributed by atoms with Gasteiger partial charge in [-0.2, -0.15) is 5.26 Å². The van der Waals surface area contributed by atoms with Crippen LogP contribution in [0.1, 0.15) is 18.7 Å². The summed E-state index contributed by atoms with van der Waals surface area (Å²) >= 11 is 1.05. The molecule has 106 valence electrons.